The molecule has 0 aromatic carbocycles. The first-order chi connectivity index (χ1) is 11.8. The van der Waals surface area contributed by atoms with Crippen molar-refractivity contribution in [3.8, 4) is 0 Å². The SMILES string of the molecule is c1cncc(CN2C[C@@H]3COC[C@@]3(Cc3nnc(C4CC4)o3)C2)c1. The first-order valence-electron chi connectivity index (χ1n) is 8.82. The molecule has 4 heterocycles. The highest BCUT2D eigenvalue weighted by Gasteiger charge is 2.51. The fourth-order valence-corrected chi connectivity index (χ4v) is 4.20. The lowest BCUT2D eigenvalue weighted by Crippen LogP contribution is -2.33. The summed E-state index contributed by atoms with van der Waals surface area (Å²) in [5, 5.41) is 8.54. The van der Waals surface area contributed by atoms with Gasteiger partial charge in [0.05, 0.1) is 13.2 Å². The normalized spacial score (nSPS) is 29.9. The topological polar surface area (TPSA) is 64.3 Å². The van der Waals surface area contributed by atoms with E-state index >= 15 is 0 Å². The molecule has 126 valence electrons. The average Bonchev–Trinajstić information content (AvgIpc) is 3.09. The summed E-state index contributed by atoms with van der Waals surface area (Å²) >= 11 is 0. The second kappa shape index (κ2) is 5.63. The lowest BCUT2D eigenvalue weighted by Gasteiger charge is -2.25. The minimum Gasteiger partial charge on any atom is -0.425 e. The van der Waals surface area contributed by atoms with Gasteiger partial charge >= 0.3 is 0 Å². The number of likely N-dealkylation sites (tertiary alicyclic amines) is 1. The molecular weight excluding hydrogens is 304 g/mol. The predicted octanol–water partition coefficient (Wildman–Crippen LogP) is 2.03. The molecule has 2 atom stereocenters. The molecule has 3 aliphatic rings. The van der Waals surface area contributed by atoms with Crippen LogP contribution in [0.25, 0.3) is 0 Å². The van der Waals surface area contributed by atoms with Crippen LogP contribution < -0.4 is 0 Å². The van der Waals surface area contributed by atoms with Gasteiger partial charge in [-0.1, -0.05) is 6.07 Å². The van der Waals surface area contributed by atoms with E-state index in [1.807, 2.05) is 18.5 Å². The molecule has 2 aromatic heterocycles. The van der Waals surface area contributed by atoms with E-state index in [-0.39, 0.29) is 5.41 Å². The minimum atomic E-state index is 0.121. The number of hydrogen-bond donors (Lipinski definition) is 0. The maximum Gasteiger partial charge on any atom is 0.219 e. The Morgan fingerprint density at radius 2 is 2.25 bits per heavy atom. The molecule has 2 saturated heterocycles. The fraction of sp³-hybridized carbons (Fsp3) is 0.611. The zero-order valence-electron chi connectivity index (χ0n) is 13.7. The summed E-state index contributed by atoms with van der Waals surface area (Å²) in [6.07, 6.45) is 7.00. The Labute approximate surface area is 141 Å². The summed E-state index contributed by atoms with van der Waals surface area (Å²) < 4.78 is 11.7. The van der Waals surface area contributed by atoms with Gasteiger partial charge in [0, 0.05) is 55.7 Å². The zero-order chi connectivity index (χ0) is 16.0. The molecule has 0 N–H and O–H groups in total. The molecular formula is C18H22N4O2. The number of hydrogen-bond acceptors (Lipinski definition) is 6. The molecule has 2 aromatic rings. The first kappa shape index (κ1) is 14.5. The van der Waals surface area contributed by atoms with Crippen LogP contribution in [0.5, 0.6) is 0 Å². The highest BCUT2D eigenvalue weighted by molar-refractivity contribution is 5.11. The Hall–Kier alpha value is -1.79. The number of aromatic nitrogens is 3. The molecule has 6 heteroatoms. The molecule has 6 nitrogen and oxygen atoms in total. The third kappa shape index (κ3) is 2.63. The van der Waals surface area contributed by atoms with Crippen LogP contribution in [0.4, 0.5) is 0 Å². The molecule has 3 fully saturated rings. The number of pyridine rings is 1. The fourth-order valence-electron chi connectivity index (χ4n) is 4.20. The van der Waals surface area contributed by atoms with Gasteiger partial charge < -0.3 is 9.15 Å². The molecule has 0 unspecified atom stereocenters. The van der Waals surface area contributed by atoms with E-state index in [1.165, 1.54) is 18.4 Å². The maximum atomic E-state index is 5.92. The van der Waals surface area contributed by atoms with Gasteiger partial charge in [-0.2, -0.15) is 0 Å². The maximum absolute atomic E-state index is 5.92. The first-order valence-corrected chi connectivity index (χ1v) is 8.82. The van der Waals surface area contributed by atoms with Crippen molar-refractivity contribution in [3.05, 3.63) is 41.9 Å². The number of rotatable bonds is 5. The van der Waals surface area contributed by atoms with Crippen LogP contribution in [0, 0.1) is 11.3 Å². The van der Waals surface area contributed by atoms with Crippen molar-refractivity contribution in [2.24, 2.45) is 11.3 Å². The summed E-state index contributed by atoms with van der Waals surface area (Å²) in [6.45, 7) is 4.67. The van der Waals surface area contributed by atoms with Crippen LogP contribution in [0.15, 0.2) is 28.9 Å². The second-order valence-corrected chi connectivity index (χ2v) is 7.59. The third-order valence-corrected chi connectivity index (χ3v) is 5.63. The van der Waals surface area contributed by atoms with E-state index < -0.39 is 0 Å². The van der Waals surface area contributed by atoms with Gasteiger partial charge in [0.25, 0.3) is 0 Å². The van der Waals surface area contributed by atoms with E-state index in [1.54, 1.807) is 0 Å². The van der Waals surface area contributed by atoms with Crippen LogP contribution in [-0.4, -0.2) is 46.4 Å². The van der Waals surface area contributed by atoms with Gasteiger partial charge in [0.1, 0.15) is 0 Å². The average molecular weight is 326 g/mol. The number of fused-ring (bicyclic) bond motifs is 1. The largest absolute Gasteiger partial charge is 0.425 e. The highest BCUT2D eigenvalue weighted by atomic mass is 16.5. The van der Waals surface area contributed by atoms with E-state index in [0.29, 0.717) is 11.8 Å². The Morgan fingerprint density at radius 1 is 1.29 bits per heavy atom. The smallest absolute Gasteiger partial charge is 0.219 e. The molecule has 0 spiro atoms. The molecule has 1 aliphatic carbocycles. The van der Waals surface area contributed by atoms with Gasteiger partial charge in [-0.05, 0) is 24.5 Å². The van der Waals surface area contributed by atoms with Crippen molar-refractivity contribution in [2.45, 2.75) is 31.7 Å². The van der Waals surface area contributed by atoms with E-state index in [0.717, 1.165) is 51.1 Å². The Bertz CT molecular complexity index is 715. The van der Waals surface area contributed by atoms with Gasteiger partial charge in [-0.3, -0.25) is 9.88 Å². The number of nitrogens with zero attached hydrogens (tertiary/aromatic N) is 4. The third-order valence-electron chi connectivity index (χ3n) is 5.63. The minimum absolute atomic E-state index is 0.121. The summed E-state index contributed by atoms with van der Waals surface area (Å²) in [4.78, 5) is 6.74. The van der Waals surface area contributed by atoms with Gasteiger partial charge in [0.2, 0.25) is 11.8 Å². The Morgan fingerprint density at radius 3 is 3.08 bits per heavy atom. The molecule has 24 heavy (non-hydrogen) atoms. The van der Waals surface area contributed by atoms with Crippen molar-refractivity contribution < 1.29 is 9.15 Å². The lowest BCUT2D eigenvalue weighted by molar-refractivity contribution is 0.123. The molecule has 0 bridgehead atoms. The number of ether oxygens (including phenoxy) is 1. The van der Waals surface area contributed by atoms with Crippen LogP contribution in [0.2, 0.25) is 0 Å². The lowest BCUT2D eigenvalue weighted by atomic mass is 9.78. The zero-order valence-corrected chi connectivity index (χ0v) is 13.7. The Kier molecular flexibility index (Phi) is 3.41. The highest BCUT2D eigenvalue weighted by Crippen LogP contribution is 2.45. The van der Waals surface area contributed by atoms with Crippen molar-refractivity contribution >= 4 is 0 Å². The molecule has 0 radical (unpaired) electrons. The van der Waals surface area contributed by atoms with Crippen molar-refractivity contribution in [1.82, 2.24) is 20.1 Å². The molecule has 1 saturated carbocycles. The van der Waals surface area contributed by atoms with Gasteiger partial charge in [0.15, 0.2) is 0 Å². The summed E-state index contributed by atoms with van der Waals surface area (Å²) in [7, 11) is 0. The second-order valence-electron chi connectivity index (χ2n) is 7.59. The van der Waals surface area contributed by atoms with Crippen LogP contribution in [0.1, 0.15) is 36.1 Å². The van der Waals surface area contributed by atoms with Crippen molar-refractivity contribution in [3.63, 3.8) is 0 Å². The molecule has 5 rings (SSSR count). The molecule has 2 aliphatic heterocycles. The summed E-state index contributed by atoms with van der Waals surface area (Å²) in [5.41, 5.74) is 1.39. The van der Waals surface area contributed by atoms with Gasteiger partial charge in [-0.25, -0.2) is 0 Å². The van der Waals surface area contributed by atoms with Crippen molar-refractivity contribution in [1.29, 1.82) is 0 Å². The van der Waals surface area contributed by atoms with Crippen LogP contribution >= 0.6 is 0 Å². The van der Waals surface area contributed by atoms with E-state index in [2.05, 4.69) is 26.1 Å². The van der Waals surface area contributed by atoms with Gasteiger partial charge in [-0.15, -0.1) is 10.2 Å². The van der Waals surface area contributed by atoms with E-state index in [4.69, 9.17) is 9.15 Å². The summed E-state index contributed by atoms with van der Waals surface area (Å²) in [5.74, 6) is 2.69. The standard InChI is InChI=1S/C18H22N4O2/c1-2-13(7-19-5-1)8-22-9-15-10-23-12-18(15,11-22)6-16-20-21-17(24-16)14-3-4-14/h1-2,5,7,14-15H,3-4,6,8-12H2/t15-,18-/m1/s1. The Balaban J connectivity index is 1.31. The van der Waals surface area contributed by atoms with Crippen LogP contribution in [0.3, 0.4) is 0 Å². The van der Waals surface area contributed by atoms with Crippen LogP contribution in [-0.2, 0) is 17.7 Å². The quantitative estimate of drug-likeness (QED) is 0.838. The van der Waals surface area contributed by atoms with E-state index in [9.17, 15) is 0 Å². The van der Waals surface area contributed by atoms with Crippen molar-refractivity contribution in [2.75, 3.05) is 26.3 Å². The molecule has 0 amide bonds. The predicted molar refractivity (Wildman–Crippen MR) is 86.2 cm³/mol. The summed E-state index contributed by atoms with van der Waals surface area (Å²) in [6, 6.07) is 4.15. The monoisotopic (exact) mass is 326 g/mol.